The number of nitrogens with zero attached hydrogens (tertiary/aromatic N) is 3. The number of rotatable bonds is 7. The van der Waals surface area contributed by atoms with Crippen LogP contribution in [0.3, 0.4) is 0 Å². The van der Waals surface area contributed by atoms with Crippen molar-refractivity contribution in [2.45, 2.75) is 25.8 Å². The topological polar surface area (TPSA) is 56.6 Å². The number of aryl methyl sites for hydroxylation is 1. The average molecular weight is 457 g/mol. The fourth-order valence-electron chi connectivity index (χ4n) is 2.78. The first-order valence-electron chi connectivity index (χ1n) is 8.02. The third-order valence-electron chi connectivity index (χ3n) is 4.02. The number of halogens is 5. The molecule has 1 aromatic heterocycles. The van der Waals surface area contributed by atoms with Crippen LogP contribution in [0.15, 0.2) is 12.3 Å². The molecule has 0 fully saturated rings. The molecule has 1 heterocycles. The molecule has 0 radical (unpaired) electrons. The zero-order valence-electron chi connectivity index (χ0n) is 15.5. The van der Waals surface area contributed by atoms with Crippen molar-refractivity contribution >= 4 is 40.7 Å². The first-order valence-corrected chi connectivity index (χ1v) is 9.15. The van der Waals surface area contributed by atoms with Gasteiger partial charge in [-0.2, -0.15) is 5.10 Å². The smallest absolute Gasteiger partial charge is 0.282 e. The van der Waals surface area contributed by atoms with Crippen LogP contribution < -0.4 is 4.74 Å². The fraction of sp³-hybridized carbons (Fsp3) is 0.412. The molecule has 2 rings (SSSR count). The van der Waals surface area contributed by atoms with Gasteiger partial charge < -0.3 is 4.74 Å². The lowest BCUT2D eigenvalue weighted by Crippen LogP contribution is -2.39. The highest BCUT2D eigenvalue weighted by atomic mass is 35.5. The van der Waals surface area contributed by atoms with E-state index in [0.29, 0.717) is 5.56 Å². The van der Waals surface area contributed by atoms with Crippen LogP contribution in [0.25, 0.3) is 0 Å². The Morgan fingerprint density at radius 3 is 2.46 bits per heavy atom. The van der Waals surface area contributed by atoms with Gasteiger partial charge in [-0.25, -0.2) is 13.8 Å². The van der Waals surface area contributed by atoms with Crippen LogP contribution in [-0.2, 0) is 18.3 Å². The third-order valence-corrected chi connectivity index (χ3v) is 5.04. The van der Waals surface area contributed by atoms with Gasteiger partial charge in [0.15, 0.2) is 5.75 Å². The molecule has 0 saturated heterocycles. The van der Waals surface area contributed by atoms with Crippen molar-refractivity contribution in [2.24, 2.45) is 7.05 Å². The van der Waals surface area contributed by atoms with Crippen molar-refractivity contribution in [2.75, 3.05) is 14.2 Å². The molecule has 0 spiro atoms. The van der Waals surface area contributed by atoms with Crippen molar-refractivity contribution in [3.8, 4) is 5.75 Å². The minimum absolute atomic E-state index is 0.162. The van der Waals surface area contributed by atoms with E-state index in [9.17, 15) is 13.6 Å². The lowest BCUT2D eigenvalue weighted by molar-refractivity contribution is -0.119. The molecule has 154 valence electrons. The first kappa shape index (κ1) is 22.7. The standard InChI is InChI=1S/C17H18Cl3F2N3O3/c1-8(5-9-11(18)6-12(19)15(27-3)13(9)20)25(28-4)17(26)10-7-24(2)23-14(10)16(21)22/h6-8,16H,5H2,1-4H3. The van der Waals surface area contributed by atoms with E-state index < -0.39 is 24.1 Å². The van der Waals surface area contributed by atoms with Gasteiger partial charge in [-0.3, -0.25) is 14.3 Å². The van der Waals surface area contributed by atoms with E-state index >= 15 is 0 Å². The van der Waals surface area contributed by atoms with Crippen LogP contribution in [0.4, 0.5) is 8.78 Å². The maximum Gasteiger partial charge on any atom is 0.282 e. The second kappa shape index (κ2) is 9.26. The highest BCUT2D eigenvalue weighted by molar-refractivity contribution is 6.41. The maximum atomic E-state index is 13.2. The van der Waals surface area contributed by atoms with Gasteiger partial charge in [-0.1, -0.05) is 34.8 Å². The predicted molar refractivity (Wildman–Crippen MR) is 103 cm³/mol. The number of ether oxygens (including phenoxy) is 1. The summed E-state index contributed by atoms with van der Waals surface area (Å²) in [5.41, 5.74) is -0.393. The lowest BCUT2D eigenvalue weighted by Gasteiger charge is -2.27. The van der Waals surface area contributed by atoms with Gasteiger partial charge in [-0.15, -0.1) is 0 Å². The van der Waals surface area contributed by atoms with Gasteiger partial charge in [0, 0.05) is 18.3 Å². The van der Waals surface area contributed by atoms with Crippen LogP contribution in [0.1, 0.15) is 35.0 Å². The van der Waals surface area contributed by atoms with Crippen LogP contribution in [0.2, 0.25) is 15.1 Å². The Morgan fingerprint density at radius 1 is 1.29 bits per heavy atom. The number of benzene rings is 1. The van der Waals surface area contributed by atoms with Crippen LogP contribution in [0.5, 0.6) is 5.75 Å². The Bertz CT molecular complexity index is 877. The molecule has 1 aromatic carbocycles. The monoisotopic (exact) mass is 455 g/mol. The van der Waals surface area contributed by atoms with Crippen molar-refractivity contribution in [3.05, 3.63) is 44.2 Å². The van der Waals surface area contributed by atoms with Crippen LogP contribution in [-0.4, -0.2) is 41.0 Å². The van der Waals surface area contributed by atoms with Gasteiger partial charge in [0.05, 0.1) is 35.9 Å². The summed E-state index contributed by atoms with van der Waals surface area (Å²) in [5.74, 6) is -0.510. The van der Waals surface area contributed by atoms with Crippen molar-refractivity contribution in [3.63, 3.8) is 0 Å². The number of aromatic nitrogens is 2. The molecule has 0 aliphatic rings. The Morgan fingerprint density at radius 2 is 1.93 bits per heavy atom. The minimum Gasteiger partial charge on any atom is -0.494 e. The van der Waals surface area contributed by atoms with E-state index in [1.807, 2.05) is 0 Å². The summed E-state index contributed by atoms with van der Waals surface area (Å²) in [5, 5.41) is 5.33. The Balaban J connectivity index is 2.35. The molecule has 11 heteroatoms. The van der Waals surface area contributed by atoms with E-state index in [1.54, 1.807) is 6.92 Å². The summed E-state index contributed by atoms with van der Waals surface area (Å²) in [6.45, 7) is 1.66. The van der Waals surface area contributed by atoms with Gasteiger partial charge >= 0.3 is 0 Å². The zero-order chi connectivity index (χ0) is 21.2. The number of alkyl halides is 2. The van der Waals surface area contributed by atoms with Gasteiger partial charge in [0.2, 0.25) is 0 Å². The zero-order valence-corrected chi connectivity index (χ0v) is 17.7. The minimum atomic E-state index is -2.90. The van der Waals surface area contributed by atoms with E-state index in [-0.39, 0.29) is 32.8 Å². The lowest BCUT2D eigenvalue weighted by atomic mass is 10.1. The highest BCUT2D eigenvalue weighted by Crippen LogP contribution is 2.40. The molecule has 1 amide bonds. The molecular formula is C17H18Cl3F2N3O3. The Hall–Kier alpha value is -1.61. The molecular weight excluding hydrogens is 439 g/mol. The number of carbonyl (C=O) groups is 1. The quantitative estimate of drug-likeness (QED) is 0.553. The molecule has 6 nitrogen and oxygen atoms in total. The molecule has 0 aliphatic heterocycles. The second-order valence-corrected chi connectivity index (χ2v) is 7.13. The molecule has 0 aliphatic carbocycles. The predicted octanol–water partition coefficient (Wildman–Crippen LogP) is 4.96. The molecule has 0 saturated carbocycles. The summed E-state index contributed by atoms with van der Waals surface area (Å²) in [6.07, 6.45) is -1.53. The molecule has 2 aromatic rings. The average Bonchev–Trinajstić information content (AvgIpc) is 3.01. The molecule has 28 heavy (non-hydrogen) atoms. The van der Waals surface area contributed by atoms with Gasteiger partial charge in [-0.05, 0) is 25.0 Å². The van der Waals surface area contributed by atoms with Crippen molar-refractivity contribution < 1.29 is 23.1 Å². The SMILES string of the molecule is COc1c(Cl)cc(Cl)c(CC(C)N(OC)C(=O)c2cn(C)nc2C(F)F)c1Cl. The normalized spacial score (nSPS) is 12.4. The van der Waals surface area contributed by atoms with E-state index in [1.165, 1.54) is 33.5 Å². The summed E-state index contributed by atoms with van der Waals surface area (Å²) >= 11 is 18.6. The van der Waals surface area contributed by atoms with E-state index in [2.05, 4.69) is 5.10 Å². The summed E-state index contributed by atoms with van der Waals surface area (Å²) in [6, 6.07) is 0.870. The van der Waals surface area contributed by atoms with E-state index in [0.717, 1.165) is 9.75 Å². The molecule has 1 atom stereocenters. The third kappa shape index (κ3) is 4.51. The van der Waals surface area contributed by atoms with Crippen LogP contribution >= 0.6 is 34.8 Å². The van der Waals surface area contributed by atoms with Gasteiger partial charge in [0.25, 0.3) is 12.3 Å². The largest absolute Gasteiger partial charge is 0.494 e. The molecule has 1 unspecified atom stereocenters. The maximum absolute atomic E-state index is 13.2. The number of carbonyl (C=O) groups excluding carboxylic acids is 1. The number of methoxy groups -OCH3 is 1. The first-order chi connectivity index (χ1) is 13.1. The Kier molecular flexibility index (Phi) is 7.50. The van der Waals surface area contributed by atoms with Crippen molar-refractivity contribution in [1.29, 1.82) is 0 Å². The van der Waals surface area contributed by atoms with Gasteiger partial charge in [0.1, 0.15) is 5.69 Å². The number of hydroxylamine groups is 2. The molecule has 0 N–H and O–H groups in total. The fourth-order valence-corrected chi connectivity index (χ4v) is 3.85. The summed E-state index contributed by atoms with van der Waals surface area (Å²) in [4.78, 5) is 18.0. The van der Waals surface area contributed by atoms with E-state index in [4.69, 9.17) is 44.4 Å². The number of amides is 1. The second-order valence-electron chi connectivity index (χ2n) is 5.94. The summed E-state index contributed by atoms with van der Waals surface area (Å²) in [7, 11) is 4.12. The number of hydrogen-bond acceptors (Lipinski definition) is 4. The highest BCUT2D eigenvalue weighted by Gasteiger charge is 2.30. The Labute approximate surface area is 175 Å². The van der Waals surface area contributed by atoms with Crippen LogP contribution in [0, 0.1) is 0 Å². The summed E-state index contributed by atoms with van der Waals surface area (Å²) < 4.78 is 32.7. The molecule has 0 bridgehead atoms. The number of hydrogen-bond donors (Lipinski definition) is 0. The van der Waals surface area contributed by atoms with Crippen molar-refractivity contribution in [1.82, 2.24) is 14.8 Å².